The van der Waals surface area contributed by atoms with Crippen LogP contribution in [0.25, 0.3) is 0 Å². The van der Waals surface area contributed by atoms with Gasteiger partial charge in [0.25, 0.3) is 0 Å². The zero-order chi connectivity index (χ0) is 4.71. The van der Waals surface area contributed by atoms with Gasteiger partial charge in [0.1, 0.15) is 0 Å². The van der Waals surface area contributed by atoms with Gasteiger partial charge >= 0.3 is 47.4 Å². The molecule has 0 saturated heterocycles. The molecule has 5 heavy (non-hydrogen) atoms. The van der Waals surface area contributed by atoms with Crippen LogP contribution >= 0.6 is 19.4 Å². The van der Waals surface area contributed by atoms with Gasteiger partial charge < -0.3 is 0 Å². The first-order valence-corrected chi connectivity index (χ1v) is 12.2. The Bertz CT molecular complexity index is 7.61. The molecule has 0 nitrogen and oxygen atoms in total. The normalized spacial score (nSPS) is 3.20. The van der Waals surface area contributed by atoms with E-state index >= 15 is 0 Å². The second-order valence-corrected chi connectivity index (χ2v) is 11.2. The average molecular weight is 229 g/mol. The summed E-state index contributed by atoms with van der Waals surface area (Å²) in [6, 6.07) is 0. The molecule has 0 spiro atoms. The molecule has 0 atom stereocenters. The number of hydrogen-bond donors (Lipinski definition) is 0. The van der Waals surface area contributed by atoms with Crippen LogP contribution in [0.1, 0.15) is 6.92 Å². The summed E-state index contributed by atoms with van der Waals surface area (Å²) in [7, 11) is 6.50. The Morgan fingerprint density at radius 3 is 1.40 bits per heavy atom. The zero-order valence-electron chi connectivity index (χ0n) is 3.17. The standard InChI is InChI=1S/C2H5.2BrH.Ca/c1-2;;;/h1H2,2H3;2*1H;/q;;;+2/p-2. The van der Waals surface area contributed by atoms with Crippen LogP contribution in [0.5, 0.6) is 0 Å². The molecule has 0 aromatic rings. The monoisotopic (exact) mass is 227 g/mol. The Labute approximate surface area is 59.9 Å². The third-order valence-electron chi connectivity index (χ3n) is 0. The molecule has 0 aliphatic carbocycles. The van der Waals surface area contributed by atoms with Gasteiger partial charge in [0.15, 0.2) is 0 Å². The maximum absolute atomic E-state index is 3.25. The van der Waals surface area contributed by atoms with Crippen LogP contribution in [-0.2, 0) is 0 Å². The Hall–Kier alpha value is 2.22. The van der Waals surface area contributed by atoms with Crippen molar-refractivity contribution in [2.45, 2.75) is 6.92 Å². The number of rotatable bonds is 0. The number of halogens is 2. The minimum Gasteiger partial charge on any atom is -0.0654 e. The van der Waals surface area contributed by atoms with E-state index in [1.54, 1.807) is 6.92 Å². The molecule has 0 rings (SSSR count). The minimum absolute atomic E-state index is 0.250. The van der Waals surface area contributed by atoms with E-state index in [-0.39, 0.29) is 28.0 Å². The van der Waals surface area contributed by atoms with E-state index in [9.17, 15) is 0 Å². The summed E-state index contributed by atoms with van der Waals surface area (Å²) in [4.78, 5) is 0. The van der Waals surface area contributed by atoms with Crippen molar-refractivity contribution in [1.82, 2.24) is 0 Å². The molecule has 3 heteroatoms. The van der Waals surface area contributed by atoms with Crippen molar-refractivity contribution in [3.8, 4) is 0 Å². The molecular weight excluding hydrogens is 224 g/mol. The summed E-state index contributed by atoms with van der Waals surface area (Å²) in [6.45, 7) is 5.00. The summed E-state index contributed by atoms with van der Waals surface area (Å²) in [5.41, 5.74) is 0. The van der Waals surface area contributed by atoms with E-state index in [1.165, 1.54) is 0 Å². The van der Waals surface area contributed by atoms with Crippen molar-refractivity contribution in [1.29, 1.82) is 0 Å². The second-order valence-electron chi connectivity index (χ2n) is 0.101. The van der Waals surface area contributed by atoms with E-state index in [1.807, 2.05) is 0 Å². The van der Waals surface area contributed by atoms with Crippen LogP contribution in [0.2, 0.25) is 0 Å². The van der Waals surface area contributed by atoms with Crippen molar-refractivity contribution < 1.29 is 0 Å². The van der Waals surface area contributed by atoms with Crippen LogP contribution in [-0.4, -0.2) is 28.0 Å². The van der Waals surface area contributed by atoms with E-state index in [0.717, 1.165) is 0 Å². The first kappa shape index (κ1) is 10.3. The third-order valence-corrected chi connectivity index (χ3v) is 0. The average Bonchev–Trinajstić information content (AvgIpc) is 1.46. The van der Waals surface area contributed by atoms with E-state index < -0.39 is 0 Å². The third kappa shape index (κ3) is 22.5. The predicted octanol–water partition coefficient (Wildman–Crippen LogP) is 2.15. The van der Waals surface area contributed by atoms with Gasteiger partial charge in [-0.2, -0.15) is 0 Å². The second kappa shape index (κ2) is 16.3. The van der Waals surface area contributed by atoms with Gasteiger partial charge in [-0.3, -0.25) is 0 Å². The fraction of sp³-hybridized carbons (Fsp3) is 0.500. The Morgan fingerprint density at radius 2 is 1.40 bits per heavy atom. The van der Waals surface area contributed by atoms with Crippen molar-refractivity contribution in [2.75, 3.05) is 0 Å². The maximum atomic E-state index is 3.25. The molecule has 0 aliphatic rings. The molecule has 0 aromatic carbocycles. The predicted molar refractivity (Wildman–Crippen MR) is 34.6 cm³/mol. The molecule has 0 aromatic heterocycles. The van der Waals surface area contributed by atoms with Crippen LogP contribution in [0.3, 0.4) is 0 Å². The van der Waals surface area contributed by atoms with Crippen molar-refractivity contribution >= 4 is 47.4 Å². The summed E-state index contributed by atoms with van der Waals surface area (Å²) in [5.74, 6) is 0. The fourth-order valence-electron chi connectivity index (χ4n) is 0. The molecule has 0 unspecified atom stereocenters. The van der Waals surface area contributed by atoms with Crippen LogP contribution in [0.15, 0.2) is 0 Å². The van der Waals surface area contributed by atoms with Crippen LogP contribution in [0.4, 0.5) is 0 Å². The minimum atomic E-state index is -0.250. The van der Waals surface area contributed by atoms with Gasteiger partial charge in [-0.15, -0.1) is 0 Å². The Balaban J connectivity index is 0. The van der Waals surface area contributed by atoms with Crippen molar-refractivity contribution in [3.05, 3.63) is 6.92 Å². The molecule has 0 fully saturated rings. The molecule has 0 aliphatic heterocycles. The molecule has 0 bridgehead atoms. The molecule has 0 saturated carbocycles. The number of hydrogen-bond acceptors (Lipinski definition) is 0. The molecule has 0 amide bonds. The summed E-state index contributed by atoms with van der Waals surface area (Å²) < 4.78 is 0. The SMILES string of the molecule is [Br][Ca][Br].[CH2]C. The maximum Gasteiger partial charge on any atom is -0.0564 e. The van der Waals surface area contributed by atoms with Gasteiger partial charge in [-0.05, 0) is 0 Å². The van der Waals surface area contributed by atoms with Crippen molar-refractivity contribution in [2.24, 2.45) is 0 Å². The summed E-state index contributed by atoms with van der Waals surface area (Å²) >= 11 is -0.250. The molecule has 1 radical (unpaired) electrons. The first-order chi connectivity index (χ1) is 2.41. The fourth-order valence-corrected chi connectivity index (χ4v) is 0. The summed E-state index contributed by atoms with van der Waals surface area (Å²) in [6.07, 6.45) is 0. The van der Waals surface area contributed by atoms with Gasteiger partial charge in [-0.1, -0.05) is 13.8 Å². The molecule has 29 valence electrons. The Morgan fingerprint density at radius 1 is 1.40 bits per heavy atom. The Kier molecular flexibility index (Phi) is 33.5. The van der Waals surface area contributed by atoms with Crippen molar-refractivity contribution in [3.63, 3.8) is 0 Å². The smallest absolute Gasteiger partial charge is 0.0564 e. The molecule has 0 heterocycles. The van der Waals surface area contributed by atoms with E-state index in [2.05, 4.69) is 26.3 Å². The largest absolute Gasteiger partial charge is 0.0654 e. The van der Waals surface area contributed by atoms with Gasteiger partial charge in [-0.25, -0.2) is 0 Å². The van der Waals surface area contributed by atoms with Crippen LogP contribution < -0.4 is 0 Å². The molecular formula is C2H5Br2Ca. The topological polar surface area (TPSA) is 0 Å². The zero-order valence-corrected chi connectivity index (χ0v) is 8.55. The van der Waals surface area contributed by atoms with Crippen LogP contribution in [0, 0.1) is 6.92 Å². The van der Waals surface area contributed by atoms with E-state index in [0.29, 0.717) is 0 Å². The van der Waals surface area contributed by atoms with Gasteiger partial charge in [0.05, 0.1) is 0 Å². The van der Waals surface area contributed by atoms with Gasteiger partial charge in [0.2, 0.25) is 0 Å². The molecule has 0 N–H and O–H groups in total. The quantitative estimate of drug-likeness (QED) is 0.558. The van der Waals surface area contributed by atoms with Gasteiger partial charge in [0, 0.05) is 0 Å². The van der Waals surface area contributed by atoms with E-state index in [4.69, 9.17) is 0 Å². The first-order valence-electron chi connectivity index (χ1n) is 1.24. The summed E-state index contributed by atoms with van der Waals surface area (Å²) in [5, 5.41) is 0.